The average molecular weight is 722 g/mol. The standard InChI is InChI=1S/C38H44ClN3O7S/c1-26-33(34-20-31(47-2)13-14-35(34)42(26)38(46)28-9-11-29(39)12-10-28)21-37(45)49-23-30(43)24-50-25-36(44)40-15-6-18-48-32-8-5-7-27(19-32)22-41-16-3-4-17-41/h5,7-14,19-20,30,43H,3-4,6,15-18,21-25H2,1-2H3,(H,40,44). The Morgan fingerprint density at radius 2 is 1.80 bits per heavy atom. The first kappa shape index (κ1) is 37.2. The number of aliphatic hydroxyl groups is 1. The van der Waals surface area contributed by atoms with Crippen molar-refractivity contribution in [1.82, 2.24) is 14.8 Å². The minimum atomic E-state index is -0.944. The number of aromatic nitrogens is 1. The van der Waals surface area contributed by atoms with Gasteiger partial charge in [-0.3, -0.25) is 23.9 Å². The number of nitrogens with zero attached hydrogens (tertiary/aromatic N) is 2. The molecule has 50 heavy (non-hydrogen) atoms. The predicted octanol–water partition coefficient (Wildman–Crippen LogP) is 5.66. The summed E-state index contributed by atoms with van der Waals surface area (Å²) in [4.78, 5) is 41.2. The van der Waals surface area contributed by atoms with Gasteiger partial charge in [-0.05, 0) is 105 Å². The maximum Gasteiger partial charge on any atom is 0.310 e. The zero-order valence-corrected chi connectivity index (χ0v) is 30.1. The SMILES string of the molecule is COc1ccc2c(c1)c(CC(=O)OCC(O)CSCC(=O)NCCCOc1cccc(CN3CCCC3)c1)c(C)n2C(=O)c1ccc(Cl)cc1. The van der Waals surface area contributed by atoms with E-state index in [1.807, 2.05) is 12.1 Å². The van der Waals surface area contributed by atoms with Crippen molar-refractivity contribution in [1.29, 1.82) is 0 Å². The molecule has 2 heterocycles. The number of aliphatic hydroxyl groups excluding tert-OH is 1. The highest BCUT2D eigenvalue weighted by atomic mass is 35.5. The molecule has 12 heteroatoms. The summed E-state index contributed by atoms with van der Waals surface area (Å²) in [6.07, 6.45) is 2.15. The van der Waals surface area contributed by atoms with Crippen LogP contribution in [0.25, 0.3) is 10.9 Å². The number of benzene rings is 3. The zero-order valence-electron chi connectivity index (χ0n) is 28.5. The average Bonchev–Trinajstić information content (AvgIpc) is 3.72. The lowest BCUT2D eigenvalue weighted by Crippen LogP contribution is -2.28. The Bertz CT molecular complexity index is 1770. The topological polar surface area (TPSA) is 119 Å². The molecule has 1 fully saturated rings. The molecule has 0 saturated carbocycles. The van der Waals surface area contributed by atoms with Crippen LogP contribution in [0.2, 0.25) is 5.02 Å². The van der Waals surface area contributed by atoms with Crippen LogP contribution in [-0.4, -0.2) is 89.9 Å². The van der Waals surface area contributed by atoms with E-state index in [0.717, 1.165) is 25.4 Å². The highest BCUT2D eigenvalue weighted by molar-refractivity contribution is 7.99. The lowest BCUT2D eigenvalue weighted by atomic mass is 10.1. The van der Waals surface area contributed by atoms with E-state index in [4.69, 9.17) is 25.8 Å². The number of nitrogens with one attached hydrogen (secondary N) is 1. The van der Waals surface area contributed by atoms with E-state index < -0.39 is 12.1 Å². The second-order valence-electron chi connectivity index (χ2n) is 12.3. The fourth-order valence-corrected chi connectivity index (χ4v) is 6.89. The number of hydrogen-bond donors (Lipinski definition) is 2. The molecule has 0 bridgehead atoms. The van der Waals surface area contributed by atoms with Crippen molar-refractivity contribution in [2.45, 2.75) is 45.3 Å². The number of halogens is 1. The number of likely N-dealkylation sites (tertiary alicyclic amines) is 1. The second kappa shape index (κ2) is 18.3. The van der Waals surface area contributed by atoms with Gasteiger partial charge in [0.1, 0.15) is 18.1 Å². The Morgan fingerprint density at radius 1 is 1.02 bits per heavy atom. The fraction of sp³-hybridized carbons (Fsp3) is 0.395. The molecule has 1 aliphatic heterocycles. The van der Waals surface area contributed by atoms with Crippen molar-refractivity contribution in [2.24, 2.45) is 0 Å². The normalized spacial score (nSPS) is 13.7. The van der Waals surface area contributed by atoms with E-state index in [0.29, 0.717) is 58.1 Å². The minimum Gasteiger partial charge on any atom is -0.497 e. The highest BCUT2D eigenvalue weighted by Crippen LogP contribution is 2.31. The van der Waals surface area contributed by atoms with Gasteiger partial charge in [-0.25, -0.2) is 0 Å². The number of hydrogen-bond acceptors (Lipinski definition) is 9. The lowest BCUT2D eigenvalue weighted by molar-refractivity contribution is -0.145. The van der Waals surface area contributed by atoms with E-state index in [2.05, 4.69) is 22.3 Å². The van der Waals surface area contributed by atoms with Crippen LogP contribution in [0.4, 0.5) is 0 Å². The van der Waals surface area contributed by atoms with Crippen LogP contribution in [0.3, 0.4) is 0 Å². The van der Waals surface area contributed by atoms with Crippen molar-refractivity contribution in [2.75, 3.05) is 51.5 Å². The molecule has 1 atom stereocenters. The van der Waals surface area contributed by atoms with Gasteiger partial charge in [0.2, 0.25) is 5.91 Å². The highest BCUT2D eigenvalue weighted by Gasteiger charge is 2.23. The van der Waals surface area contributed by atoms with Crippen molar-refractivity contribution < 1.29 is 33.7 Å². The number of ether oxygens (including phenoxy) is 3. The number of amides is 1. The summed E-state index contributed by atoms with van der Waals surface area (Å²) in [5.41, 5.74) is 3.55. The van der Waals surface area contributed by atoms with Gasteiger partial charge >= 0.3 is 5.97 Å². The minimum absolute atomic E-state index is 0.105. The van der Waals surface area contributed by atoms with Gasteiger partial charge in [0, 0.05) is 40.5 Å². The van der Waals surface area contributed by atoms with Crippen molar-refractivity contribution in [3.63, 3.8) is 0 Å². The van der Waals surface area contributed by atoms with Gasteiger partial charge in [-0.1, -0.05) is 23.7 Å². The predicted molar refractivity (Wildman–Crippen MR) is 196 cm³/mol. The van der Waals surface area contributed by atoms with Gasteiger partial charge in [0.05, 0.1) is 37.5 Å². The van der Waals surface area contributed by atoms with Gasteiger partial charge in [0.15, 0.2) is 0 Å². The molecule has 0 aliphatic carbocycles. The van der Waals surface area contributed by atoms with Crippen LogP contribution in [0, 0.1) is 6.92 Å². The summed E-state index contributed by atoms with van der Waals surface area (Å²) in [7, 11) is 1.55. The number of carbonyl (C=O) groups is 3. The molecule has 2 N–H and O–H groups in total. The van der Waals surface area contributed by atoms with Crippen LogP contribution < -0.4 is 14.8 Å². The number of esters is 1. The molecule has 1 unspecified atom stereocenters. The number of rotatable bonds is 17. The molecule has 10 nitrogen and oxygen atoms in total. The van der Waals surface area contributed by atoms with E-state index >= 15 is 0 Å². The quantitative estimate of drug-likeness (QED) is 0.105. The molecule has 0 spiro atoms. The van der Waals surface area contributed by atoms with Crippen molar-refractivity contribution >= 4 is 52.0 Å². The van der Waals surface area contributed by atoms with Gasteiger partial charge in [-0.15, -0.1) is 11.8 Å². The maximum atomic E-state index is 13.5. The molecule has 5 rings (SSSR count). The Balaban J connectivity index is 1.02. The summed E-state index contributed by atoms with van der Waals surface area (Å²) < 4.78 is 18.3. The summed E-state index contributed by atoms with van der Waals surface area (Å²) in [6, 6.07) is 20.1. The van der Waals surface area contributed by atoms with Crippen LogP contribution >= 0.6 is 23.4 Å². The first-order valence-corrected chi connectivity index (χ1v) is 18.4. The second-order valence-corrected chi connectivity index (χ2v) is 13.8. The third-order valence-electron chi connectivity index (χ3n) is 8.55. The Kier molecular flexibility index (Phi) is 13.6. The first-order chi connectivity index (χ1) is 24.2. The molecule has 3 aromatic carbocycles. The molecule has 1 amide bonds. The van der Waals surface area contributed by atoms with Gasteiger partial charge in [-0.2, -0.15) is 0 Å². The number of carbonyl (C=O) groups excluding carboxylic acids is 3. The summed E-state index contributed by atoms with van der Waals surface area (Å²) >= 11 is 7.28. The third-order valence-corrected chi connectivity index (χ3v) is 9.89. The van der Waals surface area contributed by atoms with Gasteiger partial charge < -0.3 is 24.6 Å². The summed E-state index contributed by atoms with van der Waals surface area (Å²) in [5.74, 6) is 0.882. The van der Waals surface area contributed by atoms with E-state index in [1.165, 1.54) is 30.2 Å². The summed E-state index contributed by atoms with van der Waals surface area (Å²) in [5, 5.41) is 14.5. The van der Waals surface area contributed by atoms with Gasteiger partial charge in [0.25, 0.3) is 5.91 Å². The fourth-order valence-electron chi connectivity index (χ4n) is 5.99. The zero-order chi connectivity index (χ0) is 35.5. The molecule has 1 aliphatic rings. The van der Waals surface area contributed by atoms with E-state index in [9.17, 15) is 19.5 Å². The smallest absolute Gasteiger partial charge is 0.310 e. The molecule has 266 valence electrons. The molecule has 4 aromatic rings. The monoisotopic (exact) mass is 721 g/mol. The van der Waals surface area contributed by atoms with Crippen molar-refractivity contribution in [3.8, 4) is 11.5 Å². The third kappa shape index (κ3) is 10.3. The molecule has 1 saturated heterocycles. The van der Waals surface area contributed by atoms with Crippen molar-refractivity contribution in [3.05, 3.63) is 94.1 Å². The van der Waals surface area contributed by atoms with Crippen LogP contribution in [0.5, 0.6) is 11.5 Å². The molecule has 0 radical (unpaired) electrons. The van der Waals surface area contributed by atoms with Crippen LogP contribution in [0.15, 0.2) is 66.7 Å². The Labute approximate surface area is 302 Å². The van der Waals surface area contributed by atoms with E-state index in [1.54, 1.807) is 61.1 Å². The molecule has 1 aromatic heterocycles. The number of thioether (sulfide) groups is 1. The molecular weight excluding hydrogens is 678 g/mol. The largest absolute Gasteiger partial charge is 0.497 e. The van der Waals surface area contributed by atoms with Crippen LogP contribution in [-0.2, 0) is 27.3 Å². The number of methoxy groups -OCH3 is 1. The summed E-state index contributed by atoms with van der Waals surface area (Å²) in [6.45, 7) is 5.79. The van der Waals surface area contributed by atoms with Crippen LogP contribution in [0.1, 0.15) is 46.4 Å². The maximum absolute atomic E-state index is 13.5. The Hall–Kier alpha value is -4.03. The first-order valence-electron chi connectivity index (χ1n) is 16.8. The van der Waals surface area contributed by atoms with E-state index in [-0.39, 0.29) is 36.3 Å². The molecular formula is C38H44ClN3O7S. The lowest BCUT2D eigenvalue weighted by Gasteiger charge is -2.15. The Morgan fingerprint density at radius 3 is 2.56 bits per heavy atom. The number of fused-ring (bicyclic) bond motifs is 1.